The molecule has 2 aromatic carbocycles. The van der Waals surface area contributed by atoms with Gasteiger partial charge in [0.25, 0.3) is 0 Å². The third-order valence-corrected chi connectivity index (χ3v) is 5.40. The van der Waals surface area contributed by atoms with Gasteiger partial charge in [-0.05, 0) is 55.0 Å². The lowest BCUT2D eigenvalue weighted by Crippen LogP contribution is -2.00. The Morgan fingerprint density at radius 3 is 2.69 bits per heavy atom. The highest BCUT2D eigenvalue weighted by atomic mass is 32.2. The van der Waals surface area contributed by atoms with Crippen LogP contribution in [0.3, 0.4) is 0 Å². The Kier molecular flexibility index (Phi) is 4.26. The number of nitrogens with zero attached hydrogens (tertiary/aromatic N) is 2. The van der Waals surface area contributed by atoms with E-state index in [1.54, 1.807) is 19.4 Å². The number of hydrogen-bond acceptors (Lipinski definition) is 4. The minimum absolute atomic E-state index is 0.411. The molecule has 0 aliphatic rings. The normalized spacial score (nSPS) is 12.2. The number of nitrogens with one attached hydrogen (secondary N) is 1. The van der Waals surface area contributed by atoms with Crippen LogP contribution >= 0.6 is 0 Å². The summed E-state index contributed by atoms with van der Waals surface area (Å²) in [4.78, 5) is 12.7. The number of aromatic nitrogens is 3. The van der Waals surface area contributed by atoms with Crippen LogP contribution in [-0.2, 0) is 10.8 Å². The molecule has 0 saturated carbocycles. The Morgan fingerprint density at radius 2 is 1.92 bits per heavy atom. The second-order valence-corrected chi connectivity index (χ2v) is 7.27. The van der Waals surface area contributed by atoms with Crippen molar-refractivity contribution >= 4 is 21.8 Å². The molecular weight excluding hydrogens is 346 g/mol. The number of imidazole rings is 1. The zero-order valence-electron chi connectivity index (χ0n) is 14.4. The quantitative estimate of drug-likeness (QED) is 0.592. The molecule has 5 nitrogen and oxygen atoms in total. The van der Waals surface area contributed by atoms with Gasteiger partial charge in [0.1, 0.15) is 16.5 Å². The lowest BCUT2D eigenvalue weighted by Gasteiger charge is -2.10. The number of methoxy groups -OCH3 is 1. The average Bonchev–Trinajstić information content (AvgIpc) is 3.11. The first-order valence-electron chi connectivity index (χ1n) is 8.13. The number of rotatable bonds is 4. The third-order valence-electron chi connectivity index (χ3n) is 4.12. The van der Waals surface area contributed by atoms with Gasteiger partial charge in [0.2, 0.25) is 5.16 Å². The molecule has 2 aromatic heterocycles. The van der Waals surface area contributed by atoms with Crippen LogP contribution in [0.25, 0.3) is 22.3 Å². The monoisotopic (exact) mass is 363 g/mol. The van der Waals surface area contributed by atoms with Crippen molar-refractivity contribution in [2.75, 3.05) is 7.11 Å². The van der Waals surface area contributed by atoms with E-state index in [9.17, 15) is 4.21 Å². The smallest absolute Gasteiger partial charge is 0.202 e. The van der Waals surface area contributed by atoms with Crippen LogP contribution in [-0.4, -0.2) is 26.3 Å². The number of hydrogen-bond donors (Lipinski definition) is 1. The molecule has 2 heterocycles. The van der Waals surface area contributed by atoms with Gasteiger partial charge in [0.15, 0.2) is 0 Å². The van der Waals surface area contributed by atoms with Crippen molar-refractivity contribution in [3.63, 3.8) is 0 Å². The fourth-order valence-electron chi connectivity index (χ4n) is 2.80. The van der Waals surface area contributed by atoms with Crippen molar-refractivity contribution in [2.45, 2.75) is 17.0 Å². The van der Waals surface area contributed by atoms with Gasteiger partial charge in [-0.1, -0.05) is 12.1 Å². The van der Waals surface area contributed by atoms with Crippen molar-refractivity contribution in [3.8, 4) is 17.0 Å². The van der Waals surface area contributed by atoms with Crippen molar-refractivity contribution in [1.82, 2.24) is 15.0 Å². The molecule has 1 N–H and O–H groups in total. The predicted octanol–water partition coefficient (Wildman–Crippen LogP) is 4.11. The van der Waals surface area contributed by atoms with E-state index < -0.39 is 10.8 Å². The molecule has 0 fully saturated rings. The van der Waals surface area contributed by atoms with Crippen LogP contribution in [0.4, 0.5) is 0 Å². The van der Waals surface area contributed by atoms with Crippen molar-refractivity contribution in [1.29, 1.82) is 0 Å². The highest BCUT2D eigenvalue weighted by molar-refractivity contribution is 7.85. The van der Waals surface area contributed by atoms with Gasteiger partial charge in [-0.3, -0.25) is 4.98 Å². The first kappa shape index (κ1) is 16.5. The lowest BCUT2D eigenvalue weighted by molar-refractivity contribution is 0.413. The second-order valence-electron chi connectivity index (χ2n) is 5.91. The summed E-state index contributed by atoms with van der Waals surface area (Å²) in [7, 11) is 0.0944. The second kappa shape index (κ2) is 6.72. The van der Waals surface area contributed by atoms with Crippen LogP contribution in [0, 0.1) is 6.92 Å². The number of aryl methyl sites for hydroxylation is 1. The summed E-state index contributed by atoms with van der Waals surface area (Å²) in [5, 5.41) is 0.411. The van der Waals surface area contributed by atoms with E-state index in [1.807, 2.05) is 55.5 Å². The molecule has 0 saturated heterocycles. The lowest BCUT2D eigenvalue weighted by atomic mass is 10.1. The highest BCUT2D eigenvalue weighted by Gasteiger charge is 2.19. The van der Waals surface area contributed by atoms with Gasteiger partial charge in [0.05, 0.1) is 28.7 Å². The SMILES string of the molecule is COc1ccc(-c2cc(C)ccn2)c(S(=O)c2nc3ccccc3[nH]2)c1. The molecule has 0 aliphatic heterocycles. The summed E-state index contributed by atoms with van der Waals surface area (Å²) in [6.45, 7) is 2.00. The maximum Gasteiger partial charge on any atom is 0.202 e. The van der Waals surface area contributed by atoms with Gasteiger partial charge >= 0.3 is 0 Å². The maximum atomic E-state index is 13.3. The van der Waals surface area contributed by atoms with Gasteiger partial charge in [-0.15, -0.1) is 0 Å². The standard InChI is InChI=1S/C20H17N3O2S/c1-13-9-10-21-18(11-13)15-8-7-14(25-2)12-19(15)26(24)20-22-16-5-3-4-6-17(16)23-20/h3-12H,1-2H3,(H,22,23). The summed E-state index contributed by atoms with van der Waals surface area (Å²) in [6, 6.07) is 17.0. The van der Waals surface area contributed by atoms with Crippen LogP contribution in [0.2, 0.25) is 0 Å². The van der Waals surface area contributed by atoms with E-state index in [0.717, 1.165) is 27.9 Å². The summed E-state index contributed by atoms with van der Waals surface area (Å²) < 4.78 is 18.6. The molecule has 1 unspecified atom stereocenters. The van der Waals surface area contributed by atoms with Gasteiger partial charge in [0, 0.05) is 11.8 Å². The summed E-state index contributed by atoms with van der Waals surface area (Å²) in [5.41, 5.74) is 4.30. The largest absolute Gasteiger partial charge is 0.497 e. The highest BCUT2D eigenvalue weighted by Crippen LogP contribution is 2.31. The Morgan fingerprint density at radius 1 is 1.08 bits per heavy atom. The fraction of sp³-hybridized carbons (Fsp3) is 0.100. The van der Waals surface area contributed by atoms with Crippen LogP contribution in [0.1, 0.15) is 5.56 Å². The van der Waals surface area contributed by atoms with Crippen LogP contribution in [0.15, 0.2) is 70.8 Å². The fourth-order valence-corrected chi connectivity index (χ4v) is 3.99. The Labute approximate surface area is 153 Å². The van der Waals surface area contributed by atoms with E-state index >= 15 is 0 Å². The van der Waals surface area contributed by atoms with Crippen molar-refractivity contribution in [3.05, 3.63) is 66.4 Å². The van der Waals surface area contributed by atoms with E-state index in [-0.39, 0.29) is 0 Å². The molecular formula is C20H17N3O2S. The Bertz CT molecular complexity index is 1090. The van der Waals surface area contributed by atoms with Gasteiger partial charge in [-0.2, -0.15) is 0 Å². The van der Waals surface area contributed by atoms with Crippen LogP contribution < -0.4 is 4.74 Å². The Balaban J connectivity index is 1.87. The molecule has 1 atom stereocenters. The number of benzene rings is 2. The van der Waals surface area contributed by atoms with Crippen molar-refractivity contribution < 1.29 is 8.95 Å². The molecule has 0 spiro atoms. The van der Waals surface area contributed by atoms with Gasteiger partial charge in [-0.25, -0.2) is 9.19 Å². The number of para-hydroxylation sites is 2. The molecule has 0 radical (unpaired) electrons. The molecule has 0 amide bonds. The van der Waals surface area contributed by atoms with E-state index in [1.165, 1.54) is 0 Å². The summed E-state index contributed by atoms with van der Waals surface area (Å²) in [5.74, 6) is 0.640. The topological polar surface area (TPSA) is 67.9 Å². The number of ether oxygens (including phenoxy) is 1. The molecule has 4 aromatic rings. The average molecular weight is 363 g/mol. The molecule has 0 bridgehead atoms. The first-order valence-corrected chi connectivity index (χ1v) is 9.28. The molecule has 4 rings (SSSR count). The van der Waals surface area contributed by atoms with E-state index in [4.69, 9.17) is 4.74 Å². The number of fused-ring (bicyclic) bond motifs is 1. The predicted molar refractivity (Wildman–Crippen MR) is 102 cm³/mol. The third kappa shape index (κ3) is 2.99. The zero-order chi connectivity index (χ0) is 18.1. The number of H-pyrrole nitrogens is 1. The Hall–Kier alpha value is -2.99. The summed E-state index contributed by atoms with van der Waals surface area (Å²) in [6.07, 6.45) is 1.75. The summed E-state index contributed by atoms with van der Waals surface area (Å²) >= 11 is 0. The minimum atomic E-state index is -1.50. The van der Waals surface area contributed by atoms with E-state index in [0.29, 0.717) is 15.8 Å². The maximum absolute atomic E-state index is 13.3. The molecule has 0 aliphatic carbocycles. The number of pyridine rings is 1. The van der Waals surface area contributed by atoms with E-state index in [2.05, 4.69) is 15.0 Å². The number of aromatic amines is 1. The molecule has 26 heavy (non-hydrogen) atoms. The first-order chi connectivity index (χ1) is 12.7. The van der Waals surface area contributed by atoms with Crippen LogP contribution in [0.5, 0.6) is 5.75 Å². The van der Waals surface area contributed by atoms with Gasteiger partial charge < -0.3 is 9.72 Å². The van der Waals surface area contributed by atoms with Crippen molar-refractivity contribution in [2.24, 2.45) is 0 Å². The minimum Gasteiger partial charge on any atom is -0.497 e. The molecule has 130 valence electrons. The molecule has 6 heteroatoms. The zero-order valence-corrected chi connectivity index (χ0v) is 15.2.